The number of anilines is 1. The average molecular weight is 353 g/mol. The molecule has 0 saturated carbocycles. The molecule has 24 heavy (non-hydrogen) atoms. The van der Waals surface area contributed by atoms with E-state index in [1.165, 1.54) is 45.3 Å². The molecule has 0 radical (unpaired) electrons. The van der Waals surface area contributed by atoms with Crippen LogP contribution in [-0.2, 0) is 4.74 Å². The van der Waals surface area contributed by atoms with Crippen LogP contribution in [0.15, 0.2) is 24.3 Å². The number of hydrogen-bond donors (Lipinski definition) is 3. The summed E-state index contributed by atoms with van der Waals surface area (Å²) in [6.07, 6.45) is 5.69. The normalized spacial score (nSPS) is 24.0. The molecule has 0 spiro atoms. The van der Waals surface area contributed by atoms with Gasteiger partial charge in [-0.15, -0.1) is 0 Å². The van der Waals surface area contributed by atoms with Gasteiger partial charge in [0, 0.05) is 23.8 Å². The van der Waals surface area contributed by atoms with Crippen molar-refractivity contribution in [1.29, 1.82) is 0 Å². The van der Waals surface area contributed by atoms with Gasteiger partial charge in [0.15, 0.2) is 12.5 Å². The van der Waals surface area contributed by atoms with E-state index in [2.05, 4.69) is 20.9 Å². The molecule has 2 aliphatic rings. The average Bonchev–Trinajstić information content (AvgIpc) is 3.36. The first-order chi connectivity index (χ1) is 11.8. The first kappa shape index (κ1) is 18.0. The summed E-state index contributed by atoms with van der Waals surface area (Å²) in [6, 6.07) is 7.77. The molecular weight excluding hydrogens is 324 g/mol. The summed E-state index contributed by atoms with van der Waals surface area (Å²) < 4.78 is 5.60. The topological polar surface area (TPSA) is 51.9 Å². The molecule has 2 aliphatic heterocycles. The third kappa shape index (κ3) is 6.22. The van der Waals surface area contributed by atoms with Crippen molar-refractivity contribution in [2.24, 2.45) is 0 Å². The minimum absolute atomic E-state index is 0.159. The zero-order chi connectivity index (χ0) is 16.6. The van der Waals surface area contributed by atoms with E-state index in [0.29, 0.717) is 0 Å². The molecule has 0 amide bonds. The molecule has 134 valence electrons. The number of rotatable bonds is 10. The summed E-state index contributed by atoms with van der Waals surface area (Å²) in [5, 5.41) is 11.0. The highest BCUT2D eigenvalue weighted by molar-refractivity contribution is 6.30. The van der Waals surface area contributed by atoms with Gasteiger partial charge in [0.1, 0.15) is 0 Å². The summed E-state index contributed by atoms with van der Waals surface area (Å²) >= 11 is 5.87. The highest BCUT2D eigenvalue weighted by Gasteiger charge is 2.37. The lowest BCUT2D eigenvalue weighted by molar-refractivity contribution is 0.224. The Bertz CT molecular complexity index is 478. The minimum atomic E-state index is 0.159. The van der Waals surface area contributed by atoms with Crippen molar-refractivity contribution in [3.63, 3.8) is 0 Å². The Kier molecular flexibility index (Phi) is 7.17. The fourth-order valence-corrected chi connectivity index (χ4v) is 3.27. The quantitative estimate of drug-likeness (QED) is 0.446. The zero-order valence-corrected chi connectivity index (χ0v) is 15.0. The third-order valence-electron chi connectivity index (χ3n) is 4.58. The van der Waals surface area contributed by atoms with Gasteiger partial charge in [0.25, 0.3) is 0 Å². The Morgan fingerprint density at radius 2 is 1.67 bits per heavy atom. The van der Waals surface area contributed by atoms with E-state index in [4.69, 9.17) is 16.3 Å². The minimum Gasteiger partial charge on any atom is -0.384 e. The zero-order valence-electron chi connectivity index (χ0n) is 14.3. The Labute approximate surface area is 150 Å². The maximum atomic E-state index is 5.87. The van der Waals surface area contributed by atoms with Crippen molar-refractivity contribution in [2.75, 3.05) is 44.6 Å². The number of epoxide rings is 1. The van der Waals surface area contributed by atoms with Crippen LogP contribution in [0.25, 0.3) is 0 Å². The second-order valence-corrected chi connectivity index (χ2v) is 7.01. The molecule has 2 fully saturated rings. The number of piperidine rings is 1. The second-order valence-electron chi connectivity index (χ2n) is 6.58. The van der Waals surface area contributed by atoms with Crippen LogP contribution >= 0.6 is 11.6 Å². The molecule has 2 unspecified atom stereocenters. The molecular formula is C18H29ClN4O. The second kappa shape index (κ2) is 9.59. The molecule has 0 aromatic heterocycles. The molecule has 0 aliphatic carbocycles. The fourth-order valence-electron chi connectivity index (χ4n) is 3.14. The number of likely N-dealkylation sites (tertiary alicyclic amines) is 1. The van der Waals surface area contributed by atoms with Crippen LogP contribution in [0.1, 0.15) is 25.7 Å². The van der Waals surface area contributed by atoms with Crippen molar-refractivity contribution in [1.82, 2.24) is 15.5 Å². The van der Waals surface area contributed by atoms with E-state index in [9.17, 15) is 0 Å². The summed E-state index contributed by atoms with van der Waals surface area (Å²) in [5.41, 5.74) is 1.09. The number of hydrogen-bond acceptors (Lipinski definition) is 5. The van der Waals surface area contributed by atoms with Crippen LogP contribution in [0.5, 0.6) is 0 Å². The predicted octanol–water partition coefficient (Wildman–Crippen LogP) is 2.49. The monoisotopic (exact) mass is 352 g/mol. The number of nitrogens with one attached hydrogen (secondary N) is 3. The predicted molar refractivity (Wildman–Crippen MR) is 99.5 cm³/mol. The van der Waals surface area contributed by atoms with E-state index in [-0.39, 0.29) is 12.5 Å². The maximum Gasteiger partial charge on any atom is 0.150 e. The van der Waals surface area contributed by atoms with Gasteiger partial charge in [0.2, 0.25) is 0 Å². The van der Waals surface area contributed by atoms with Crippen molar-refractivity contribution < 1.29 is 4.74 Å². The number of nitrogens with zero attached hydrogens (tertiary/aromatic N) is 1. The van der Waals surface area contributed by atoms with E-state index in [1.54, 1.807) is 0 Å². The van der Waals surface area contributed by atoms with Gasteiger partial charge in [-0.3, -0.25) is 10.6 Å². The third-order valence-corrected chi connectivity index (χ3v) is 4.83. The molecule has 2 saturated heterocycles. The molecule has 6 heteroatoms. The van der Waals surface area contributed by atoms with Crippen molar-refractivity contribution >= 4 is 17.3 Å². The lowest BCUT2D eigenvalue weighted by Crippen LogP contribution is -2.34. The van der Waals surface area contributed by atoms with E-state index in [0.717, 1.165) is 30.3 Å². The fraction of sp³-hybridized carbons (Fsp3) is 0.667. The van der Waals surface area contributed by atoms with E-state index in [1.807, 2.05) is 24.3 Å². The number of benzene rings is 1. The van der Waals surface area contributed by atoms with Gasteiger partial charge < -0.3 is 15.0 Å². The summed E-state index contributed by atoms with van der Waals surface area (Å²) in [7, 11) is 0. The molecule has 1 aromatic carbocycles. The van der Waals surface area contributed by atoms with Crippen molar-refractivity contribution in [3.05, 3.63) is 29.3 Å². The van der Waals surface area contributed by atoms with Crippen LogP contribution in [0, 0.1) is 0 Å². The van der Waals surface area contributed by atoms with Crippen molar-refractivity contribution in [3.8, 4) is 0 Å². The Morgan fingerprint density at radius 3 is 2.42 bits per heavy atom. The number of halogens is 1. The summed E-state index contributed by atoms with van der Waals surface area (Å²) in [4.78, 5) is 2.58. The number of ether oxygens (including phenoxy) is 1. The van der Waals surface area contributed by atoms with Gasteiger partial charge in [0.05, 0.1) is 0 Å². The summed E-state index contributed by atoms with van der Waals surface area (Å²) in [6.45, 7) is 6.54. The van der Waals surface area contributed by atoms with Gasteiger partial charge in [-0.2, -0.15) is 0 Å². The van der Waals surface area contributed by atoms with E-state index >= 15 is 0 Å². The Morgan fingerprint density at radius 1 is 0.958 bits per heavy atom. The van der Waals surface area contributed by atoms with Crippen LogP contribution in [-0.4, -0.2) is 56.6 Å². The first-order valence-corrected chi connectivity index (χ1v) is 9.53. The lowest BCUT2D eigenvalue weighted by atomic mass is 10.1. The Balaban J connectivity index is 1.16. The SMILES string of the molecule is Clc1ccc(NCCNC2OC2NCCCN2CCCCC2)cc1. The maximum absolute atomic E-state index is 5.87. The largest absolute Gasteiger partial charge is 0.384 e. The molecule has 5 nitrogen and oxygen atoms in total. The highest BCUT2D eigenvalue weighted by Crippen LogP contribution is 2.16. The molecule has 2 atom stereocenters. The summed E-state index contributed by atoms with van der Waals surface area (Å²) in [5.74, 6) is 0. The lowest BCUT2D eigenvalue weighted by Gasteiger charge is -2.26. The van der Waals surface area contributed by atoms with Gasteiger partial charge in [-0.25, -0.2) is 0 Å². The Hall–Kier alpha value is -0.850. The van der Waals surface area contributed by atoms with Crippen LogP contribution in [0.2, 0.25) is 5.02 Å². The van der Waals surface area contributed by atoms with E-state index < -0.39 is 0 Å². The first-order valence-electron chi connectivity index (χ1n) is 9.15. The smallest absolute Gasteiger partial charge is 0.150 e. The molecule has 2 heterocycles. The molecule has 0 bridgehead atoms. The van der Waals surface area contributed by atoms with Crippen molar-refractivity contribution in [2.45, 2.75) is 38.1 Å². The molecule has 3 N–H and O–H groups in total. The standard InChI is InChI=1S/C18H29ClN4O/c19-15-5-7-16(8-6-15)20-10-11-22-18-17(24-18)21-9-4-14-23-12-2-1-3-13-23/h5-8,17-18,20-22H,1-4,9-14H2. The highest BCUT2D eigenvalue weighted by atomic mass is 35.5. The van der Waals surface area contributed by atoms with Gasteiger partial charge in [-0.05, 0) is 69.7 Å². The molecule has 3 rings (SSSR count). The van der Waals surface area contributed by atoms with Crippen LogP contribution in [0.3, 0.4) is 0 Å². The van der Waals surface area contributed by atoms with Gasteiger partial charge in [-0.1, -0.05) is 18.0 Å². The van der Waals surface area contributed by atoms with Crippen LogP contribution < -0.4 is 16.0 Å². The molecule has 1 aromatic rings. The van der Waals surface area contributed by atoms with Crippen LogP contribution in [0.4, 0.5) is 5.69 Å². The van der Waals surface area contributed by atoms with Gasteiger partial charge >= 0.3 is 0 Å².